The predicted molar refractivity (Wildman–Crippen MR) is 51.4 cm³/mol. The van der Waals surface area contributed by atoms with Crippen LogP contribution in [-0.4, -0.2) is 16.4 Å². The van der Waals surface area contributed by atoms with Crippen LogP contribution in [0, 0.1) is 11.3 Å². The monoisotopic (exact) mass is 189 g/mol. The van der Waals surface area contributed by atoms with E-state index >= 15 is 0 Å². The van der Waals surface area contributed by atoms with Gasteiger partial charge >= 0.3 is 0 Å². The highest BCUT2D eigenvalue weighted by Gasteiger charge is 2.19. The summed E-state index contributed by atoms with van der Waals surface area (Å²) in [5.74, 6) is -0.287. The summed E-state index contributed by atoms with van der Waals surface area (Å²) >= 11 is 0. The third-order valence-electron chi connectivity index (χ3n) is 1.63. The van der Waals surface area contributed by atoms with Gasteiger partial charge in [-0.2, -0.15) is 5.26 Å². The number of rotatable bonds is 2. The maximum Gasteiger partial charge on any atom is 0.254 e. The summed E-state index contributed by atoms with van der Waals surface area (Å²) in [6.45, 7) is 3.28. The summed E-state index contributed by atoms with van der Waals surface area (Å²) < 4.78 is 0. The first-order valence-electron chi connectivity index (χ1n) is 4.19. The molecule has 1 aromatic rings. The van der Waals surface area contributed by atoms with E-state index in [-0.39, 0.29) is 5.91 Å². The van der Waals surface area contributed by atoms with Crippen molar-refractivity contribution >= 4 is 5.91 Å². The zero-order valence-electron chi connectivity index (χ0n) is 8.11. The van der Waals surface area contributed by atoms with Gasteiger partial charge in [0.15, 0.2) is 0 Å². The largest absolute Gasteiger partial charge is 0.334 e. The molecule has 0 aromatic carbocycles. The number of hydrogen-bond donors (Lipinski definition) is 1. The minimum Gasteiger partial charge on any atom is -0.334 e. The second-order valence-corrected chi connectivity index (χ2v) is 3.43. The average molecular weight is 189 g/mol. The predicted octanol–water partition coefficient (Wildman–Crippen LogP) is 1.11. The molecule has 1 aromatic heterocycles. The molecule has 0 saturated carbocycles. The number of amides is 1. The smallest absolute Gasteiger partial charge is 0.254 e. The molecule has 72 valence electrons. The minimum absolute atomic E-state index is 0.287. The van der Waals surface area contributed by atoms with Gasteiger partial charge in [-0.15, -0.1) is 0 Å². The molecular weight excluding hydrogens is 178 g/mol. The van der Waals surface area contributed by atoms with E-state index in [9.17, 15) is 4.79 Å². The molecule has 14 heavy (non-hydrogen) atoms. The van der Waals surface area contributed by atoms with Gasteiger partial charge in [0.05, 0.1) is 11.6 Å². The third kappa shape index (κ3) is 2.56. The van der Waals surface area contributed by atoms with Crippen molar-refractivity contribution in [2.75, 3.05) is 0 Å². The molecule has 0 bridgehead atoms. The first-order valence-corrected chi connectivity index (χ1v) is 4.19. The highest BCUT2D eigenvalue weighted by atomic mass is 16.1. The maximum absolute atomic E-state index is 11.5. The molecule has 1 heterocycles. The van der Waals surface area contributed by atoms with E-state index in [1.54, 1.807) is 32.2 Å². The molecule has 1 N–H and O–H groups in total. The van der Waals surface area contributed by atoms with Gasteiger partial charge in [0.1, 0.15) is 5.54 Å². The Kier molecular flexibility index (Phi) is 2.82. The lowest BCUT2D eigenvalue weighted by Gasteiger charge is -2.16. The lowest BCUT2D eigenvalue weighted by atomic mass is 10.1. The molecule has 1 rings (SSSR count). The van der Waals surface area contributed by atoms with Crippen LogP contribution in [0.1, 0.15) is 24.2 Å². The van der Waals surface area contributed by atoms with Crippen LogP contribution in [0.15, 0.2) is 24.5 Å². The molecule has 1 amide bonds. The summed E-state index contributed by atoms with van der Waals surface area (Å²) in [5, 5.41) is 11.3. The lowest BCUT2D eigenvalue weighted by molar-refractivity contribution is 0.0929. The Morgan fingerprint density at radius 3 is 2.86 bits per heavy atom. The van der Waals surface area contributed by atoms with Crippen LogP contribution in [0.3, 0.4) is 0 Å². The zero-order valence-corrected chi connectivity index (χ0v) is 8.11. The highest BCUT2D eigenvalue weighted by molar-refractivity contribution is 5.94. The molecule has 0 aliphatic rings. The molecule has 0 atom stereocenters. The molecular formula is C10H11N3O. The fraction of sp³-hybridized carbons (Fsp3) is 0.300. The summed E-state index contributed by atoms with van der Waals surface area (Å²) in [6, 6.07) is 5.31. The number of nitrogens with one attached hydrogen (secondary N) is 1. The zero-order chi connectivity index (χ0) is 10.6. The molecule has 0 aliphatic carbocycles. The quantitative estimate of drug-likeness (QED) is 0.757. The van der Waals surface area contributed by atoms with Gasteiger partial charge in [-0.3, -0.25) is 9.78 Å². The van der Waals surface area contributed by atoms with E-state index in [0.717, 1.165) is 0 Å². The number of hydrogen-bond acceptors (Lipinski definition) is 3. The van der Waals surface area contributed by atoms with E-state index in [0.29, 0.717) is 5.56 Å². The number of carbonyl (C=O) groups is 1. The van der Waals surface area contributed by atoms with E-state index in [1.807, 2.05) is 6.07 Å². The first kappa shape index (κ1) is 10.2. The van der Waals surface area contributed by atoms with Gasteiger partial charge in [0, 0.05) is 12.4 Å². The van der Waals surface area contributed by atoms with Gasteiger partial charge in [-0.1, -0.05) is 0 Å². The second-order valence-electron chi connectivity index (χ2n) is 3.43. The summed E-state index contributed by atoms with van der Waals surface area (Å²) in [7, 11) is 0. The van der Waals surface area contributed by atoms with Crippen LogP contribution >= 0.6 is 0 Å². The van der Waals surface area contributed by atoms with Crippen molar-refractivity contribution in [1.82, 2.24) is 10.3 Å². The lowest BCUT2D eigenvalue weighted by Crippen LogP contribution is -2.42. The SMILES string of the molecule is CC(C)(C#N)NC(=O)c1cccnc1. The van der Waals surface area contributed by atoms with Crippen LogP contribution in [-0.2, 0) is 0 Å². The summed E-state index contributed by atoms with van der Waals surface area (Å²) in [6.07, 6.45) is 3.05. The maximum atomic E-state index is 11.5. The van der Waals surface area contributed by atoms with Crippen molar-refractivity contribution < 1.29 is 4.79 Å². The number of nitrogens with zero attached hydrogens (tertiary/aromatic N) is 2. The van der Waals surface area contributed by atoms with Crippen molar-refractivity contribution in [2.24, 2.45) is 0 Å². The van der Waals surface area contributed by atoms with Crippen molar-refractivity contribution in [3.05, 3.63) is 30.1 Å². The Labute approximate surface area is 82.6 Å². The van der Waals surface area contributed by atoms with E-state index in [4.69, 9.17) is 5.26 Å². The van der Waals surface area contributed by atoms with E-state index < -0.39 is 5.54 Å². The topological polar surface area (TPSA) is 65.8 Å². The van der Waals surface area contributed by atoms with Crippen LogP contribution in [0.5, 0.6) is 0 Å². The van der Waals surface area contributed by atoms with Crippen molar-refractivity contribution in [3.63, 3.8) is 0 Å². The fourth-order valence-electron chi connectivity index (χ4n) is 0.881. The van der Waals surface area contributed by atoms with Crippen LogP contribution in [0.4, 0.5) is 0 Å². The highest BCUT2D eigenvalue weighted by Crippen LogP contribution is 2.02. The normalized spacial score (nSPS) is 10.4. The van der Waals surface area contributed by atoms with Gasteiger partial charge < -0.3 is 5.32 Å². The fourth-order valence-corrected chi connectivity index (χ4v) is 0.881. The van der Waals surface area contributed by atoms with Gasteiger partial charge in [-0.05, 0) is 26.0 Å². The Bertz CT molecular complexity index is 365. The first-order chi connectivity index (χ1) is 6.55. The third-order valence-corrected chi connectivity index (χ3v) is 1.63. The van der Waals surface area contributed by atoms with Gasteiger partial charge in [0.25, 0.3) is 5.91 Å². The summed E-state index contributed by atoms with van der Waals surface area (Å²) in [4.78, 5) is 15.3. The Hall–Kier alpha value is -1.89. The standard InChI is InChI=1S/C10H11N3O/c1-10(2,7-11)13-9(14)8-4-3-5-12-6-8/h3-6H,1-2H3,(H,13,14). The average Bonchev–Trinajstić information content (AvgIpc) is 2.19. The molecule has 0 unspecified atom stereocenters. The van der Waals surface area contributed by atoms with Crippen LogP contribution < -0.4 is 5.32 Å². The Morgan fingerprint density at radius 1 is 1.64 bits per heavy atom. The Morgan fingerprint density at radius 2 is 2.36 bits per heavy atom. The number of pyridine rings is 1. The Balaban J connectivity index is 2.75. The molecule has 0 aliphatic heterocycles. The number of nitriles is 1. The molecule has 0 radical (unpaired) electrons. The van der Waals surface area contributed by atoms with Gasteiger partial charge in [0.2, 0.25) is 0 Å². The minimum atomic E-state index is -0.854. The van der Waals surface area contributed by atoms with Crippen molar-refractivity contribution in [1.29, 1.82) is 5.26 Å². The molecule has 0 spiro atoms. The van der Waals surface area contributed by atoms with Crippen LogP contribution in [0.2, 0.25) is 0 Å². The molecule has 4 nitrogen and oxygen atoms in total. The molecule has 0 saturated heterocycles. The molecule has 4 heteroatoms. The second kappa shape index (κ2) is 3.88. The molecule has 0 fully saturated rings. The van der Waals surface area contributed by atoms with Crippen molar-refractivity contribution in [3.8, 4) is 6.07 Å². The summed E-state index contributed by atoms with van der Waals surface area (Å²) in [5.41, 5.74) is -0.400. The van der Waals surface area contributed by atoms with E-state index in [1.165, 1.54) is 6.20 Å². The van der Waals surface area contributed by atoms with Crippen molar-refractivity contribution in [2.45, 2.75) is 19.4 Å². The number of aromatic nitrogens is 1. The van der Waals surface area contributed by atoms with E-state index in [2.05, 4.69) is 10.3 Å². The van der Waals surface area contributed by atoms with Gasteiger partial charge in [-0.25, -0.2) is 0 Å². The van der Waals surface area contributed by atoms with Crippen LogP contribution in [0.25, 0.3) is 0 Å². The number of carbonyl (C=O) groups excluding carboxylic acids is 1.